The quantitative estimate of drug-likeness (QED) is 0.835. The van der Waals surface area contributed by atoms with Gasteiger partial charge in [-0.2, -0.15) is 0 Å². The molecule has 0 amide bonds. The fraction of sp³-hybridized carbons (Fsp3) is 0.286. The zero-order valence-corrected chi connectivity index (χ0v) is 10.7. The molecule has 18 heavy (non-hydrogen) atoms. The number of fused-ring (bicyclic) bond motifs is 1. The highest BCUT2D eigenvalue weighted by atomic mass is 35.5. The Hall–Kier alpha value is -1.61. The van der Waals surface area contributed by atoms with Crippen LogP contribution in [-0.2, 0) is 12.8 Å². The summed E-state index contributed by atoms with van der Waals surface area (Å²) in [5, 5.41) is 3.61. The largest absolute Gasteiger partial charge is 0.340 e. The number of hydrogen-bond donors (Lipinski definition) is 1. The number of anilines is 2. The average molecular weight is 260 g/mol. The molecule has 3 nitrogen and oxygen atoms in total. The molecule has 2 aromatic rings. The Bertz CT molecular complexity index is 569. The van der Waals surface area contributed by atoms with Crippen LogP contribution in [0, 0.1) is 0 Å². The van der Waals surface area contributed by atoms with Gasteiger partial charge in [-0.05, 0) is 60.5 Å². The Morgan fingerprint density at radius 1 is 1.11 bits per heavy atom. The van der Waals surface area contributed by atoms with Crippen molar-refractivity contribution < 1.29 is 0 Å². The Balaban J connectivity index is 1.93. The maximum absolute atomic E-state index is 5.79. The summed E-state index contributed by atoms with van der Waals surface area (Å²) in [6, 6.07) is 8.23. The van der Waals surface area contributed by atoms with E-state index in [1.807, 2.05) is 6.07 Å². The van der Waals surface area contributed by atoms with Crippen LogP contribution >= 0.6 is 11.6 Å². The summed E-state index contributed by atoms with van der Waals surface area (Å²) in [7, 11) is 0. The van der Waals surface area contributed by atoms with Crippen LogP contribution in [0.3, 0.4) is 0 Å². The number of aryl methyl sites for hydroxylation is 1. The minimum Gasteiger partial charge on any atom is -0.340 e. The van der Waals surface area contributed by atoms with Crippen molar-refractivity contribution in [1.82, 2.24) is 9.97 Å². The van der Waals surface area contributed by atoms with Crippen molar-refractivity contribution in [1.29, 1.82) is 0 Å². The van der Waals surface area contributed by atoms with Gasteiger partial charge in [-0.1, -0.05) is 12.1 Å². The van der Waals surface area contributed by atoms with Gasteiger partial charge in [0, 0.05) is 11.9 Å². The van der Waals surface area contributed by atoms with Gasteiger partial charge >= 0.3 is 0 Å². The Labute approximate surface area is 111 Å². The molecular weight excluding hydrogens is 246 g/mol. The number of nitrogens with one attached hydrogen (secondary N) is 1. The van der Waals surface area contributed by atoms with E-state index < -0.39 is 0 Å². The second-order valence-electron chi connectivity index (χ2n) is 4.49. The van der Waals surface area contributed by atoms with Crippen molar-refractivity contribution in [3.63, 3.8) is 0 Å². The minimum absolute atomic E-state index is 0.268. The summed E-state index contributed by atoms with van der Waals surface area (Å²) in [6.45, 7) is 0. The molecule has 1 aliphatic carbocycles. The maximum atomic E-state index is 5.79. The van der Waals surface area contributed by atoms with Crippen molar-refractivity contribution in [2.45, 2.75) is 25.7 Å². The number of rotatable bonds is 2. The summed E-state index contributed by atoms with van der Waals surface area (Å²) in [5.74, 6) is 0.744. The Morgan fingerprint density at radius 3 is 2.89 bits per heavy atom. The van der Waals surface area contributed by atoms with Crippen LogP contribution in [-0.4, -0.2) is 9.97 Å². The molecule has 0 spiro atoms. The molecule has 1 N–H and O–H groups in total. The lowest BCUT2D eigenvalue weighted by Gasteiger charge is -2.19. The second-order valence-corrected chi connectivity index (χ2v) is 4.82. The summed E-state index contributed by atoms with van der Waals surface area (Å²) in [5.41, 5.74) is 4.01. The van der Waals surface area contributed by atoms with E-state index >= 15 is 0 Å². The Morgan fingerprint density at radius 2 is 2.00 bits per heavy atom. The molecule has 1 heterocycles. The molecule has 0 atom stereocenters. The summed E-state index contributed by atoms with van der Waals surface area (Å²) < 4.78 is 0. The van der Waals surface area contributed by atoms with E-state index in [-0.39, 0.29) is 5.28 Å². The van der Waals surface area contributed by atoms with E-state index in [0.717, 1.165) is 17.9 Å². The van der Waals surface area contributed by atoms with Crippen LogP contribution in [0.4, 0.5) is 11.5 Å². The third-order valence-corrected chi connectivity index (χ3v) is 3.47. The average Bonchev–Trinajstić information content (AvgIpc) is 2.39. The van der Waals surface area contributed by atoms with E-state index in [1.54, 1.807) is 6.20 Å². The Kier molecular flexibility index (Phi) is 3.15. The number of halogens is 1. The highest BCUT2D eigenvalue weighted by Gasteiger charge is 2.13. The first-order valence-electron chi connectivity index (χ1n) is 6.19. The lowest BCUT2D eigenvalue weighted by atomic mass is 9.90. The highest BCUT2D eigenvalue weighted by molar-refractivity contribution is 6.28. The summed E-state index contributed by atoms with van der Waals surface area (Å²) in [4.78, 5) is 8.04. The molecule has 0 fully saturated rings. The molecule has 1 aliphatic rings. The minimum atomic E-state index is 0.268. The van der Waals surface area contributed by atoms with Gasteiger partial charge in [0.25, 0.3) is 0 Å². The fourth-order valence-corrected chi connectivity index (χ4v) is 2.59. The molecule has 0 saturated heterocycles. The van der Waals surface area contributed by atoms with Crippen molar-refractivity contribution in [2.24, 2.45) is 0 Å². The van der Waals surface area contributed by atoms with Gasteiger partial charge in [0.05, 0.1) is 0 Å². The molecule has 0 unspecified atom stereocenters. The monoisotopic (exact) mass is 259 g/mol. The van der Waals surface area contributed by atoms with E-state index in [9.17, 15) is 0 Å². The predicted molar refractivity (Wildman–Crippen MR) is 73.4 cm³/mol. The molecule has 1 aromatic heterocycles. The fourth-order valence-electron chi connectivity index (χ4n) is 2.44. The van der Waals surface area contributed by atoms with E-state index in [1.165, 1.54) is 30.4 Å². The lowest BCUT2D eigenvalue weighted by Crippen LogP contribution is -2.06. The molecule has 0 saturated carbocycles. The molecular formula is C14H14ClN3. The van der Waals surface area contributed by atoms with Gasteiger partial charge in [0.15, 0.2) is 0 Å². The summed E-state index contributed by atoms with van der Waals surface area (Å²) >= 11 is 5.79. The number of nitrogens with zero attached hydrogens (tertiary/aromatic N) is 2. The van der Waals surface area contributed by atoms with E-state index in [0.29, 0.717) is 0 Å². The lowest BCUT2D eigenvalue weighted by molar-refractivity contribution is 0.687. The predicted octanol–water partition coefficient (Wildman–Crippen LogP) is 3.75. The van der Waals surface area contributed by atoms with Gasteiger partial charge in [-0.3, -0.25) is 0 Å². The van der Waals surface area contributed by atoms with Crippen molar-refractivity contribution in [3.05, 3.63) is 46.9 Å². The highest BCUT2D eigenvalue weighted by Crippen LogP contribution is 2.29. The molecule has 0 radical (unpaired) electrons. The third kappa shape index (κ3) is 2.31. The van der Waals surface area contributed by atoms with Crippen LogP contribution in [0.1, 0.15) is 24.0 Å². The first kappa shape index (κ1) is 11.5. The number of hydrogen-bond acceptors (Lipinski definition) is 3. The van der Waals surface area contributed by atoms with E-state index in [4.69, 9.17) is 11.6 Å². The second kappa shape index (κ2) is 4.94. The molecule has 1 aromatic carbocycles. The van der Waals surface area contributed by atoms with Crippen LogP contribution in [0.25, 0.3) is 0 Å². The summed E-state index contributed by atoms with van der Waals surface area (Å²) in [6.07, 6.45) is 6.52. The van der Waals surface area contributed by atoms with Crippen LogP contribution in [0.2, 0.25) is 5.28 Å². The van der Waals surface area contributed by atoms with Crippen LogP contribution in [0.15, 0.2) is 30.5 Å². The van der Waals surface area contributed by atoms with Crippen LogP contribution in [0.5, 0.6) is 0 Å². The van der Waals surface area contributed by atoms with Crippen molar-refractivity contribution in [3.8, 4) is 0 Å². The van der Waals surface area contributed by atoms with Gasteiger partial charge in [0.2, 0.25) is 5.28 Å². The SMILES string of the molecule is Clc1nccc(Nc2cccc3c2CCCC3)n1. The van der Waals surface area contributed by atoms with E-state index in [2.05, 4.69) is 33.5 Å². The first-order valence-corrected chi connectivity index (χ1v) is 6.57. The standard InChI is InChI=1S/C14H14ClN3/c15-14-16-9-8-13(18-14)17-12-7-3-5-10-4-1-2-6-11(10)12/h3,5,7-9H,1-2,4,6H2,(H,16,17,18). The molecule has 0 bridgehead atoms. The molecule has 3 rings (SSSR count). The number of aromatic nitrogens is 2. The maximum Gasteiger partial charge on any atom is 0.224 e. The zero-order valence-electron chi connectivity index (χ0n) is 9.99. The molecule has 92 valence electrons. The topological polar surface area (TPSA) is 37.8 Å². The normalized spacial score (nSPS) is 14.1. The van der Waals surface area contributed by atoms with Crippen LogP contribution < -0.4 is 5.32 Å². The van der Waals surface area contributed by atoms with Gasteiger partial charge in [0.1, 0.15) is 5.82 Å². The smallest absolute Gasteiger partial charge is 0.224 e. The van der Waals surface area contributed by atoms with Crippen molar-refractivity contribution in [2.75, 3.05) is 5.32 Å². The first-order chi connectivity index (χ1) is 8.83. The van der Waals surface area contributed by atoms with Gasteiger partial charge < -0.3 is 5.32 Å². The zero-order chi connectivity index (χ0) is 12.4. The molecule has 0 aliphatic heterocycles. The van der Waals surface area contributed by atoms with Crippen molar-refractivity contribution >= 4 is 23.1 Å². The van der Waals surface area contributed by atoms with Gasteiger partial charge in [-0.25, -0.2) is 9.97 Å². The van der Waals surface area contributed by atoms with Gasteiger partial charge in [-0.15, -0.1) is 0 Å². The number of benzene rings is 1. The third-order valence-electron chi connectivity index (χ3n) is 3.28. The molecule has 4 heteroatoms.